The molecule has 0 saturated carbocycles. The Morgan fingerprint density at radius 3 is 2.39 bits per heavy atom. The van der Waals surface area contributed by atoms with E-state index >= 15 is 0 Å². The van der Waals surface area contributed by atoms with Crippen molar-refractivity contribution in [3.63, 3.8) is 0 Å². The van der Waals surface area contributed by atoms with Crippen molar-refractivity contribution in [2.24, 2.45) is 5.92 Å². The van der Waals surface area contributed by atoms with Crippen LogP contribution in [0.3, 0.4) is 0 Å². The second kappa shape index (κ2) is 6.60. The number of halogens is 1. The van der Waals surface area contributed by atoms with Crippen LogP contribution in [0.15, 0.2) is 30.3 Å². The molecule has 0 fully saturated rings. The van der Waals surface area contributed by atoms with Gasteiger partial charge in [0.15, 0.2) is 5.69 Å². The van der Waals surface area contributed by atoms with Crippen molar-refractivity contribution < 1.29 is 19.1 Å². The van der Waals surface area contributed by atoms with Crippen LogP contribution in [-0.2, 0) is 4.79 Å². The summed E-state index contributed by atoms with van der Waals surface area (Å²) >= 11 is 0. The number of aryl methyl sites for hydroxylation is 1. The fourth-order valence-corrected chi connectivity index (χ4v) is 2.16. The predicted molar refractivity (Wildman–Crippen MR) is 82.0 cm³/mol. The van der Waals surface area contributed by atoms with Crippen molar-refractivity contribution in [2.75, 3.05) is 0 Å². The Labute approximate surface area is 132 Å². The molecular formula is C16H18FN3O3. The monoisotopic (exact) mass is 319 g/mol. The summed E-state index contributed by atoms with van der Waals surface area (Å²) in [6, 6.07) is 6.26. The first kappa shape index (κ1) is 16.7. The highest BCUT2D eigenvalue weighted by Gasteiger charge is 2.25. The summed E-state index contributed by atoms with van der Waals surface area (Å²) in [7, 11) is 0. The van der Waals surface area contributed by atoms with Gasteiger partial charge in [-0.05, 0) is 43.2 Å². The molecule has 1 aromatic carbocycles. The minimum atomic E-state index is -1.09. The maximum absolute atomic E-state index is 13.0. The van der Waals surface area contributed by atoms with Crippen LogP contribution in [-0.4, -0.2) is 32.8 Å². The van der Waals surface area contributed by atoms with Gasteiger partial charge in [0.1, 0.15) is 11.9 Å². The van der Waals surface area contributed by atoms with Crippen molar-refractivity contribution in [1.29, 1.82) is 0 Å². The summed E-state index contributed by atoms with van der Waals surface area (Å²) < 4.78 is 14.5. The number of hydrogen-bond acceptors (Lipinski definition) is 3. The summed E-state index contributed by atoms with van der Waals surface area (Å²) in [6.45, 7) is 5.17. The molecule has 0 aliphatic carbocycles. The number of nitrogens with zero attached hydrogens (tertiary/aromatic N) is 2. The molecule has 23 heavy (non-hydrogen) atoms. The number of carboxylic acids is 1. The van der Waals surface area contributed by atoms with E-state index in [2.05, 4.69) is 10.4 Å². The molecule has 1 heterocycles. The van der Waals surface area contributed by atoms with Gasteiger partial charge >= 0.3 is 5.97 Å². The molecule has 1 aromatic heterocycles. The molecule has 0 unspecified atom stereocenters. The van der Waals surface area contributed by atoms with Gasteiger partial charge in [-0.25, -0.2) is 13.9 Å². The Bertz CT molecular complexity index is 723. The molecule has 0 radical (unpaired) electrons. The van der Waals surface area contributed by atoms with Crippen molar-refractivity contribution in [1.82, 2.24) is 15.1 Å². The van der Waals surface area contributed by atoms with Gasteiger partial charge in [0, 0.05) is 5.69 Å². The molecule has 2 N–H and O–H groups in total. The first-order valence-electron chi connectivity index (χ1n) is 7.16. The highest BCUT2D eigenvalue weighted by Crippen LogP contribution is 2.13. The van der Waals surface area contributed by atoms with E-state index in [1.165, 1.54) is 16.8 Å². The zero-order chi connectivity index (χ0) is 17.1. The molecule has 7 heteroatoms. The second-order valence-corrected chi connectivity index (χ2v) is 5.59. The molecule has 0 bridgehead atoms. The lowest BCUT2D eigenvalue weighted by molar-refractivity contribution is -0.140. The highest BCUT2D eigenvalue weighted by molar-refractivity contribution is 5.95. The van der Waals surface area contributed by atoms with Gasteiger partial charge in [-0.15, -0.1) is 0 Å². The van der Waals surface area contributed by atoms with Gasteiger partial charge in [-0.1, -0.05) is 13.8 Å². The fourth-order valence-electron chi connectivity index (χ4n) is 2.16. The van der Waals surface area contributed by atoms with Crippen LogP contribution in [0, 0.1) is 18.7 Å². The molecule has 2 aromatic rings. The number of carbonyl (C=O) groups excluding carboxylic acids is 1. The van der Waals surface area contributed by atoms with E-state index in [9.17, 15) is 14.0 Å². The maximum Gasteiger partial charge on any atom is 0.326 e. The Morgan fingerprint density at radius 2 is 1.87 bits per heavy atom. The third kappa shape index (κ3) is 3.74. The zero-order valence-electron chi connectivity index (χ0n) is 13.1. The first-order valence-corrected chi connectivity index (χ1v) is 7.16. The van der Waals surface area contributed by atoms with E-state index < -0.39 is 17.9 Å². The van der Waals surface area contributed by atoms with Crippen molar-refractivity contribution in [3.05, 3.63) is 47.5 Å². The quantitative estimate of drug-likeness (QED) is 0.884. The molecule has 0 saturated heterocycles. The minimum absolute atomic E-state index is 0.110. The smallest absolute Gasteiger partial charge is 0.326 e. The molecule has 122 valence electrons. The number of carbonyl (C=O) groups is 2. The topological polar surface area (TPSA) is 84.2 Å². The summed E-state index contributed by atoms with van der Waals surface area (Å²) in [6.07, 6.45) is 0. The van der Waals surface area contributed by atoms with Crippen molar-refractivity contribution in [2.45, 2.75) is 26.8 Å². The van der Waals surface area contributed by atoms with E-state index in [1.807, 2.05) is 0 Å². The minimum Gasteiger partial charge on any atom is -0.480 e. The van der Waals surface area contributed by atoms with Gasteiger partial charge in [0.2, 0.25) is 0 Å². The molecule has 0 aliphatic rings. The van der Waals surface area contributed by atoms with Gasteiger partial charge < -0.3 is 10.4 Å². The van der Waals surface area contributed by atoms with Gasteiger partial charge in [0.25, 0.3) is 5.91 Å². The zero-order valence-corrected chi connectivity index (χ0v) is 13.1. The molecule has 1 atom stereocenters. The summed E-state index contributed by atoms with van der Waals surface area (Å²) in [5.74, 6) is -2.27. The number of aromatic nitrogens is 2. The molecule has 6 nitrogen and oxygen atoms in total. The van der Waals surface area contributed by atoms with Crippen LogP contribution in [0.2, 0.25) is 0 Å². The number of benzene rings is 1. The number of hydrogen-bond donors (Lipinski definition) is 2. The number of nitrogens with one attached hydrogen (secondary N) is 1. The van der Waals surface area contributed by atoms with Crippen LogP contribution in [0.1, 0.15) is 30.0 Å². The van der Waals surface area contributed by atoms with Crippen molar-refractivity contribution >= 4 is 11.9 Å². The SMILES string of the molecule is Cc1cc(C(=O)N[C@H](C(=O)O)C(C)C)nn1-c1ccc(F)cc1. The summed E-state index contributed by atoms with van der Waals surface area (Å²) in [4.78, 5) is 23.4. The Hall–Kier alpha value is -2.70. The van der Waals surface area contributed by atoms with E-state index in [-0.39, 0.29) is 17.4 Å². The van der Waals surface area contributed by atoms with Crippen LogP contribution < -0.4 is 5.32 Å². The molecule has 0 spiro atoms. The normalized spacial score (nSPS) is 12.2. The van der Waals surface area contributed by atoms with Crippen LogP contribution in [0.4, 0.5) is 4.39 Å². The van der Waals surface area contributed by atoms with E-state index in [0.717, 1.165) is 0 Å². The predicted octanol–water partition coefficient (Wildman–Crippen LogP) is 2.16. The van der Waals surface area contributed by atoms with Gasteiger partial charge in [-0.3, -0.25) is 4.79 Å². The van der Waals surface area contributed by atoms with Crippen LogP contribution in [0.5, 0.6) is 0 Å². The number of aliphatic carboxylic acids is 1. The second-order valence-electron chi connectivity index (χ2n) is 5.59. The summed E-state index contributed by atoms with van der Waals surface area (Å²) in [5, 5.41) is 15.8. The molecule has 2 rings (SSSR count). The summed E-state index contributed by atoms with van der Waals surface area (Å²) in [5.41, 5.74) is 1.40. The van der Waals surface area contributed by atoms with Gasteiger partial charge in [0.05, 0.1) is 5.69 Å². The van der Waals surface area contributed by atoms with Gasteiger partial charge in [-0.2, -0.15) is 5.10 Å². The standard InChI is InChI=1S/C16H18FN3O3/c1-9(2)14(16(22)23)18-15(21)13-8-10(3)20(19-13)12-6-4-11(17)5-7-12/h4-9,14H,1-3H3,(H,18,21)(H,22,23)/t14-/m0/s1. The third-order valence-electron chi connectivity index (χ3n) is 3.41. The lowest BCUT2D eigenvalue weighted by atomic mass is 10.0. The van der Waals surface area contributed by atoms with E-state index in [4.69, 9.17) is 5.11 Å². The first-order chi connectivity index (χ1) is 10.8. The van der Waals surface area contributed by atoms with Crippen molar-refractivity contribution in [3.8, 4) is 5.69 Å². The van der Waals surface area contributed by atoms with E-state index in [1.54, 1.807) is 39.0 Å². The van der Waals surface area contributed by atoms with Crippen LogP contribution >= 0.6 is 0 Å². The average Bonchev–Trinajstić information content (AvgIpc) is 2.86. The molecule has 0 aliphatic heterocycles. The highest BCUT2D eigenvalue weighted by atomic mass is 19.1. The lowest BCUT2D eigenvalue weighted by Crippen LogP contribution is -2.44. The maximum atomic E-state index is 13.0. The molecule has 1 amide bonds. The number of amides is 1. The van der Waals surface area contributed by atoms with Crippen LogP contribution in [0.25, 0.3) is 5.69 Å². The fraction of sp³-hybridized carbons (Fsp3) is 0.312. The Morgan fingerprint density at radius 1 is 1.26 bits per heavy atom. The number of carboxylic acid groups (broad SMARTS) is 1. The number of rotatable bonds is 5. The lowest BCUT2D eigenvalue weighted by Gasteiger charge is -2.16. The average molecular weight is 319 g/mol. The largest absolute Gasteiger partial charge is 0.480 e. The Balaban J connectivity index is 2.24. The molecular weight excluding hydrogens is 301 g/mol. The third-order valence-corrected chi connectivity index (χ3v) is 3.41. The Kier molecular flexibility index (Phi) is 4.78. The van der Waals surface area contributed by atoms with E-state index in [0.29, 0.717) is 11.4 Å².